The molecule has 3 saturated carbocycles. The Hall–Kier alpha value is -2.29. The molecule has 5 rings (SSSR count). The third kappa shape index (κ3) is 3.35. The normalized spacial score (nSPS) is 19.4. The molecule has 0 radical (unpaired) electrons. The zero-order chi connectivity index (χ0) is 17.7. The van der Waals surface area contributed by atoms with Gasteiger partial charge in [0.25, 0.3) is 0 Å². The fraction of sp³-hybridized carbons (Fsp3) is 0.435. The van der Waals surface area contributed by atoms with Crippen molar-refractivity contribution in [2.45, 2.75) is 50.4 Å². The molecule has 3 aliphatic carbocycles. The minimum atomic E-state index is -0.864. The first-order valence-corrected chi connectivity index (χ1v) is 9.93. The number of nitrogens with zero attached hydrogens (tertiary/aromatic N) is 1. The van der Waals surface area contributed by atoms with Gasteiger partial charge in [-0.05, 0) is 104 Å². The molecule has 26 heavy (non-hydrogen) atoms. The summed E-state index contributed by atoms with van der Waals surface area (Å²) in [6.07, 6.45) is 7.91. The van der Waals surface area contributed by atoms with Gasteiger partial charge >= 0.3 is 5.97 Å². The van der Waals surface area contributed by atoms with Gasteiger partial charge in [-0.25, -0.2) is 4.79 Å². The molecule has 3 fully saturated rings. The predicted molar refractivity (Wildman–Crippen MR) is 104 cm³/mol. The minimum absolute atomic E-state index is 0.352. The molecule has 0 spiro atoms. The maximum absolute atomic E-state index is 11.2. The van der Waals surface area contributed by atoms with Crippen LogP contribution < -0.4 is 4.90 Å². The van der Waals surface area contributed by atoms with Gasteiger partial charge in [-0.2, -0.15) is 0 Å². The molecule has 0 aromatic heterocycles. The van der Waals surface area contributed by atoms with Crippen molar-refractivity contribution >= 4 is 17.3 Å². The van der Waals surface area contributed by atoms with Crippen molar-refractivity contribution in [3.8, 4) is 0 Å². The third-order valence-electron chi connectivity index (χ3n) is 5.94. The molecule has 0 saturated heterocycles. The topological polar surface area (TPSA) is 40.5 Å². The molecule has 0 aliphatic heterocycles. The summed E-state index contributed by atoms with van der Waals surface area (Å²) in [7, 11) is 0. The van der Waals surface area contributed by atoms with Crippen molar-refractivity contribution in [3.05, 3.63) is 59.2 Å². The van der Waals surface area contributed by atoms with Gasteiger partial charge in [0, 0.05) is 17.9 Å². The average Bonchev–Trinajstić information content (AvgIpc) is 3.50. The lowest BCUT2D eigenvalue weighted by Gasteiger charge is -2.27. The Balaban J connectivity index is 1.52. The summed E-state index contributed by atoms with van der Waals surface area (Å²) in [4.78, 5) is 13.6. The predicted octanol–water partition coefficient (Wildman–Crippen LogP) is 5.69. The van der Waals surface area contributed by atoms with Gasteiger partial charge in [-0.15, -0.1) is 0 Å². The second-order valence-corrected chi connectivity index (χ2v) is 8.31. The van der Waals surface area contributed by atoms with Crippen LogP contribution in [0, 0.1) is 5.92 Å². The summed E-state index contributed by atoms with van der Waals surface area (Å²) >= 11 is 0. The number of carboxylic acid groups (broad SMARTS) is 1. The van der Waals surface area contributed by atoms with E-state index in [9.17, 15) is 9.90 Å². The molecule has 0 amide bonds. The van der Waals surface area contributed by atoms with Crippen molar-refractivity contribution in [1.29, 1.82) is 0 Å². The molecule has 3 nitrogen and oxygen atoms in total. The Labute approximate surface area is 154 Å². The largest absolute Gasteiger partial charge is 0.478 e. The Kier molecular flexibility index (Phi) is 3.77. The highest BCUT2D eigenvalue weighted by molar-refractivity contribution is 5.88. The second-order valence-electron chi connectivity index (χ2n) is 8.31. The number of aromatic carboxylic acids is 1. The maximum Gasteiger partial charge on any atom is 0.335 e. The van der Waals surface area contributed by atoms with E-state index >= 15 is 0 Å². The molecule has 0 heterocycles. The minimum Gasteiger partial charge on any atom is -0.478 e. The second kappa shape index (κ2) is 6.15. The van der Waals surface area contributed by atoms with E-state index in [1.807, 2.05) is 12.1 Å². The standard InChI is InChI=1S/C23H25NO2/c25-23(26)18-7-9-21(10-8-18)24(14-15-1-2-15)22-12-19(16-3-4-16)11-20(13-22)17-5-6-17/h7-13,15-17H,1-6,14H2,(H,25,26). The van der Waals surface area contributed by atoms with Crippen LogP contribution in [0.1, 0.15) is 71.8 Å². The lowest BCUT2D eigenvalue weighted by Crippen LogP contribution is -2.20. The summed E-state index contributed by atoms with van der Waals surface area (Å²) in [6, 6.07) is 14.6. The van der Waals surface area contributed by atoms with Gasteiger partial charge < -0.3 is 10.0 Å². The van der Waals surface area contributed by atoms with Crippen LogP contribution >= 0.6 is 0 Å². The number of carboxylic acids is 1. The summed E-state index contributed by atoms with van der Waals surface area (Å²) in [5.41, 5.74) is 5.77. The fourth-order valence-electron chi connectivity index (χ4n) is 3.82. The van der Waals surface area contributed by atoms with Gasteiger partial charge in [-0.1, -0.05) is 6.07 Å². The summed E-state index contributed by atoms with van der Waals surface area (Å²) in [5, 5.41) is 9.18. The van der Waals surface area contributed by atoms with E-state index in [-0.39, 0.29) is 0 Å². The summed E-state index contributed by atoms with van der Waals surface area (Å²) < 4.78 is 0. The van der Waals surface area contributed by atoms with Crippen molar-refractivity contribution < 1.29 is 9.90 Å². The molecule has 0 unspecified atom stereocenters. The van der Waals surface area contributed by atoms with E-state index in [1.165, 1.54) is 55.3 Å². The van der Waals surface area contributed by atoms with Crippen LogP contribution in [-0.2, 0) is 0 Å². The first-order chi connectivity index (χ1) is 12.7. The van der Waals surface area contributed by atoms with E-state index in [1.54, 1.807) is 12.1 Å². The van der Waals surface area contributed by atoms with Gasteiger partial charge in [0.1, 0.15) is 0 Å². The molecule has 3 aliphatic rings. The van der Waals surface area contributed by atoms with Gasteiger partial charge in [0.15, 0.2) is 0 Å². The van der Waals surface area contributed by atoms with E-state index in [0.29, 0.717) is 5.56 Å². The van der Waals surface area contributed by atoms with Crippen LogP contribution in [0.25, 0.3) is 0 Å². The highest BCUT2D eigenvalue weighted by Crippen LogP contribution is 2.47. The zero-order valence-corrected chi connectivity index (χ0v) is 15.0. The van der Waals surface area contributed by atoms with E-state index in [0.717, 1.165) is 30.0 Å². The van der Waals surface area contributed by atoms with Crippen molar-refractivity contribution in [2.24, 2.45) is 5.92 Å². The fourth-order valence-corrected chi connectivity index (χ4v) is 3.82. The van der Waals surface area contributed by atoms with E-state index < -0.39 is 5.97 Å². The molecular formula is C23H25NO2. The third-order valence-corrected chi connectivity index (χ3v) is 5.94. The molecular weight excluding hydrogens is 322 g/mol. The van der Waals surface area contributed by atoms with Crippen molar-refractivity contribution in [1.82, 2.24) is 0 Å². The number of hydrogen-bond acceptors (Lipinski definition) is 2. The van der Waals surface area contributed by atoms with Gasteiger partial charge in [0.05, 0.1) is 5.56 Å². The van der Waals surface area contributed by atoms with E-state index in [2.05, 4.69) is 23.1 Å². The Morgan fingerprint density at radius 2 is 1.42 bits per heavy atom. The monoisotopic (exact) mass is 347 g/mol. The quantitative estimate of drug-likeness (QED) is 0.699. The smallest absolute Gasteiger partial charge is 0.335 e. The van der Waals surface area contributed by atoms with Crippen LogP contribution in [0.15, 0.2) is 42.5 Å². The molecule has 3 heteroatoms. The molecule has 0 atom stereocenters. The Bertz CT molecular complexity index is 800. The van der Waals surface area contributed by atoms with Gasteiger partial charge in [0.2, 0.25) is 0 Å². The number of hydrogen-bond donors (Lipinski definition) is 1. The molecule has 0 bridgehead atoms. The number of benzene rings is 2. The first kappa shape index (κ1) is 15.9. The molecule has 1 N–H and O–H groups in total. The zero-order valence-electron chi connectivity index (χ0n) is 15.0. The number of anilines is 2. The first-order valence-electron chi connectivity index (χ1n) is 9.93. The lowest BCUT2D eigenvalue weighted by atomic mass is 10.0. The van der Waals surface area contributed by atoms with Crippen molar-refractivity contribution in [3.63, 3.8) is 0 Å². The van der Waals surface area contributed by atoms with Crippen molar-refractivity contribution in [2.75, 3.05) is 11.4 Å². The number of rotatable bonds is 7. The molecule has 134 valence electrons. The van der Waals surface area contributed by atoms with Crippen LogP contribution in [0.5, 0.6) is 0 Å². The van der Waals surface area contributed by atoms with Crippen LogP contribution in [0.3, 0.4) is 0 Å². The average molecular weight is 347 g/mol. The molecule has 2 aromatic rings. The van der Waals surface area contributed by atoms with Gasteiger partial charge in [-0.3, -0.25) is 0 Å². The maximum atomic E-state index is 11.2. The van der Waals surface area contributed by atoms with Crippen LogP contribution in [0.4, 0.5) is 11.4 Å². The highest BCUT2D eigenvalue weighted by atomic mass is 16.4. The Morgan fingerprint density at radius 1 is 0.846 bits per heavy atom. The SMILES string of the molecule is O=C(O)c1ccc(N(CC2CC2)c2cc(C3CC3)cc(C3CC3)c2)cc1. The summed E-state index contributed by atoms with van der Waals surface area (Å²) in [6.45, 7) is 1.03. The summed E-state index contributed by atoms with van der Waals surface area (Å²) in [5.74, 6) is 1.41. The van der Waals surface area contributed by atoms with Crippen LogP contribution in [0.2, 0.25) is 0 Å². The Morgan fingerprint density at radius 3 is 1.88 bits per heavy atom. The highest BCUT2D eigenvalue weighted by Gasteiger charge is 2.31. The molecule has 2 aromatic carbocycles. The van der Waals surface area contributed by atoms with E-state index in [4.69, 9.17) is 0 Å². The lowest BCUT2D eigenvalue weighted by molar-refractivity contribution is 0.0697. The van der Waals surface area contributed by atoms with Crippen LogP contribution in [-0.4, -0.2) is 17.6 Å². The number of carbonyl (C=O) groups is 1.